The van der Waals surface area contributed by atoms with Gasteiger partial charge in [0.25, 0.3) is 6.04 Å². The molecule has 1 saturated carbocycles. The van der Waals surface area contributed by atoms with Crippen LogP contribution in [-0.4, -0.2) is 125 Å². The summed E-state index contributed by atoms with van der Waals surface area (Å²) in [6.45, 7) is 16.5. The van der Waals surface area contributed by atoms with Crippen molar-refractivity contribution in [3.05, 3.63) is 86.2 Å². The topological polar surface area (TPSA) is 255 Å². The lowest BCUT2D eigenvalue weighted by Crippen LogP contribution is -2.67. The van der Waals surface area contributed by atoms with Crippen molar-refractivity contribution in [2.75, 3.05) is 46.0 Å². The van der Waals surface area contributed by atoms with Gasteiger partial charge in [0.05, 0.1) is 35.8 Å². The van der Waals surface area contributed by atoms with Gasteiger partial charge in [-0.2, -0.15) is 0 Å². The van der Waals surface area contributed by atoms with E-state index >= 15 is 0 Å². The first kappa shape index (κ1) is 47.8. The van der Waals surface area contributed by atoms with Crippen molar-refractivity contribution < 1.29 is 66.6 Å². The van der Waals surface area contributed by atoms with Crippen molar-refractivity contribution in [3.8, 4) is 0 Å². The van der Waals surface area contributed by atoms with Crippen LogP contribution in [0, 0.1) is 20.2 Å². The van der Waals surface area contributed by atoms with Crippen molar-refractivity contribution in [2.45, 2.75) is 115 Å². The van der Waals surface area contributed by atoms with Crippen molar-refractivity contribution in [2.24, 2.45) is 0 Å². The number of aliphatic hydroxyl groups excluding tert-OH is 1. The number of carbonyl (C=O) groups excluding carboxylic acids is 3. The van der Waals surface area contributed by atoms with E-state index in [1.54, 1.807) is 39.8 Å². The predicted octanol–water partition coefficient (Wildman–Crippen LogP) is 3.98. The average Bonchev–Trinajstić information content (AvgIpc) is 4.05. The second-order valence-corrected chi connectivity index (χ2v) is 15.7. The van der Waals surface area contributed by atoms with Crippen LogP contribution >= 0.6 is 0 Å². The summed E-state index contributed by atoms with van der Waals surface area (Å²) in [6, 6.07) is 4.77. The Bertz CT molecular complexity index is 1760. The molecule has 20 nitrogen and oxygen atoms in total. The van der Waals surface area contributed by atoms with Gasteiger partial charge in [0.1, 0.15) is 43.0 Å². The number of hydrogen-bond acceptors (Lipinski definition) is 18. The minimum atomic E-state index is -1.55. The highest BCUT2D eigenvalue weighted by molar-refractivity contribution is 5.91. The normalized spacial score (nSPS) is 27.4. The molecule has 0 radical (unpaired) electrons. The molecule has 0 amide bonds. The highest BCUT2D eigenvalue weighted by atomic mass is 16.7. The fourth-order valence-corrected chi connectivity index (χ4v) is 6.59. The predicted molar refractivity (Wildman–Crippen MR) is 210 cm³/mol. The Morgan fingerprint density at radius 1 is 0.833 bits per heavy atom. The van der Waals surface area contributed by atoms with E-state index in [1.807, 2.05) is 20.1 Å². The van der Waals surface area contributed by atoms with Crippen molar-refractivity contribution >= 4 is 23.9 Å². The fourth-order valence-electron chi connectivity index (χ4n) is 6.59. The molecule has 6 aliphatic rings. The lowest BCUT2D eigenvalue weighted by Gasteiger charge is -2.47. The molecule has 2 aromatic rings. The third kappa shape index (κ3) is 14.1. The lowest BCUT2D eigenvalue weighted by molar-refractivity contribution is -0.551. The van der Waals surface area contributed by atoms with Crippen LogP contribution in [0.1, 0.15) is 84.7 Å². The second-order valence-electron chi connectivity index (χ2n) is 15.7. The Balaban J connectivity index is 0.000000177. The molecule has 2 aromatic heterocycles. The smallest absolute Gasteiger partial charge is 0.312 e. The van der Waals surface area contributed by atoms with Gasteiger partial charge < -0.3 is 52.6 Å². The lowest BCUT2D eigenvalue weighted by atomic mass is 9.75. The van der Waals surface area contributed by atoms with Crippen LogP contribution in [0.3, 0.4) is 0 Å². The van der Waals surface area contributed by atoms with E-state index in [2.05, 4.69) is 10.2 Å². The summed E-state index contributed by atoms with van der Waals surface area (Å²) in [5, 5.41) is 34.9. The number of allylic oxidation sites excluding steroid dienone is 1. The molecule has 5 aliphatic heterocycles. The third-order valence-electron chi connectivity index (χ3n) is 9.69. The van der Waals surface area contributed by atoms with Crippen molar-refractivity contribution in [1.82, 2.24) is 10.2 Å². The summed E-state index contributed by atoms with van der Waals surface area (Å²) in [4.78, 5) is 55.4. The van der Waals surface area contributed by atoms with Crippen LogP contribution in [0.4, 0.5) is 0 Å². The zero-order valence-electron chi connectivity index (χ0n) is 34.8. The van der Waals surface area contributed by atoms with Crippen molar-refractivity contribution in [3.63, 3.8) is 0 Å². The number of aliphatic hydroxyl groups is 1. The molecule has 0 aromatic carbocycles. The molecule has 7 heterocycles. The largest absolute Gasteiger partial charge is 0.469 e. The Kier molecular flexibility index (Phi) is 17.2. The van der Waals surface area contributed by atoms with Crippen LogP contribution < -0.4 is 5.32 Å². The number of hydrogen-bond donors (Lipinski definition) is 2. The first-order chi connectivity index (χ1) is 28.3. The first-order valence-electron chi connectivity index (χ1n) is 19.7. The van der Waals surface area contributed by atoms with Crippen LogP contribution in [0.2, 0.25) is 0 Å². The molecule has 0 spiro atoms. The summed E-state index contributed by atoms with van der Waals surface area (Å²) in [5.41, 5.74) is 0.668. The van der Waals surface area contributed by atoms with Gasteiger partial charge in [-0.3, -0.25) is 34.6 Å². The van der Waals surface area contributed by atoms with E-state index in [-0.39, 0.29) is 36.8 Å². The zero-order valence-corrected chi connectivity index (χ0v) is 34.8. The zero-order chi connectivity index (χ0) is 44.1. The number of nitro groups is 2. The molecule has 5 unspecified atom stereocenters. The second kappa shape index (κ2) is 21.6. The summed E-state index contributed by atoms with van der Waals surface area (Å²) >= 11 is 0. The van der Waals surface area contributed by atoms with Gasteiger partial charge in [-0.1, -0.05) is 0 Å². The average molecular weight is 849 g/mol. The van der Waals surface area contributed by atoms with E-state index < -0.39 is 69.0 Å². The van der Waals surface area contributed by atoms with E-state index in [4.69, 9.17) is 37.3 Å². The molecule has 8 rings (SSSR count). The summed E-state index contributed by atoms with van der Waals surface area (Å²) < 4.78 is 42.0. The monoisotopic (exact) mass is 848 g/mol. The van der Waals surface area contributed by atoms with E-state index in [0.29, 0.717) is 6.61 Å². The molecular weight excluding hydrogens is 792 g/mol. The van der Waals surface area contributed by atoms with Gasteiger partial charge in [0.15, 0.2) is 35.3 Å². The van der Waals surface area contributed by atoms with Gasteiger partial charge >= 0.3 is 5.70 Å². The van der Waals surface area contributed by atoms with Crippen LogP contribution in [-0.2, 0) is 42.8 Å². The van der Waals surface area contributed by atoms with Gasteiger partial charge in [0.2, 0.25) is 12.1 Å². The molecular formula is C40H56N4O16. The highest BCUT2D eigenvalue weighted by Gasteiger charge is 2.63. The SMILES string of the molecule is C1CCNC1.CC1(C)OC2C(=O)C(O1)C(c1ccco1)C([N+](=O)[O-])C2O.CC1(C)OC=C(N2CCCC2)CO1.CC1(C)OCC(=O)CO1.O=C/C(=C/c1ccco1)[N+](=O)[O-]. The highest BCUT2D eigenvalue weighted by Crippen LogP contribution is 2.42. The number of ketones is 2. The standard InChI is InChI=1S/C13H15NO7.C10H17NO2.C7H5NO4.C6H10O3.C4H9N/c1-13(2)20-11-7(6-4-3-5-19-6)8(14(17)18)9(15)12(21-13)10(11)16;1-10(2)12-7-9(8-13-10)11-5-3-4-6-11;9-5-6(8(10)11)4-7-2-1-3-12-7;1-6(2)8-3-5(7)4-9-6;1-2-4-5-3-1/h3-5,7-9,11-12,15H,1-2H3;7H,3-6,8H2,1-2H3;1-5H;3-4H2,1-2H3;5H,1-4H2/b;;6-4-;;. The summed E-state index contributed by atoms with van der Waals surface area (Å²) in [5.74, 6) is -3.07. The molecule has 20 heteroatoms. The maximum Gasteiger partial charge on any atom is 0.312 e. The molecule has 60 heavy (non-hydrogen) atoms. The van der Waals surface area contributed by atoms with Crippen LogP contribution in [0.25, 0.3) is 6.08 Å². The fraction of sp³-hybridized carbons (Fsp3) is 0.625. The molecule has 1 aliphatic carbocycles. The van der Waals surface area contributed by atoms with E-state index in [1.165, 1.54) is 69.1 Å². The minimum Gasteiger partial charge on any atom is -0.469 e. The quantitative estimate of drug-likeness (QED) is 0.180. The molecule has 5 fully saturated rings. The van der Waals surface area contributed by atoms with Crippen LogP contribution in [0.15, 0.2) is 63.3 Å². The van der Waals surface area contributed by atoms with Gasteiger partial charge in [-0.15, -0.1) is 0 Å². The van der Waals surface area contributed by atoms with Crippen molar-refractivity contribution in [1.29, 1.82) is 0 Å². The number of furan rings is 2. The molecule has 2 N–H and O–H groups in total. The maximum absolute atomic E-state index is 12.3. The Labute approximate surface area is 347 Å². The number of likely N-dealkylation sites (tertiary alicyclic amines) is 1. The van der Waals surface area contributed by atoms with Gasteiger partial charge in [0, 0.05) is 31.9 Å². The Morgan fingerprint density at radius 2 is 1.43 bits per heavy atom. The molecule has 4 saturated heterocycles. The Morgan fingerprint density at radius 3 is 1.90 bits per heavy atom. The molecule has 5 atom stereocenters. The number of ether oxygens (including phenoxy) is 6. The van der Waals surface area contributed by atoms with Gasteiger partial charge in [-0.25, -0.2) is 0 Å². The summed E-state index contributed by atoms with van der Waals surface area (Å²) in [6.07, 6.45) is 7.28. The van der Waals surface area contributed by atoms with E-state index in [9.17, 15) is 39.7 Å². The molecule has 2 bridgehead atoms. The van der Waals surface area contributed by atoms with E-state index in [0.717, 1.165) is 19.2 Å². The van der Waals surface area contributed by atoms with Gasteiger partial charge in [-0.05, 0) is 90.7 Å². The number of Topliss-reactive ketones (excluding diaryl/α,β-unsaturated/α-hetero) is 2. The maximum atomic E-state index is 12.3. The number of rotatable bonds is 6. The summed E-state index contributed by atoms with van der Waals surface area (Å²) in [7, 11) is 0. The number of aldehydes is 1. The minimum absolute atomic E-state index is 0.00863. The first-order valence-corrected chi connectivity index (χ1v) is 19.7. The van der Waals surface area contributed by atoms with Crippen LogP contribution in [0.5, 0.6) is 0 Å². The number of fused-ring (bicyclic) bond motifs is 2. The number of carbonyl (C=O) groups is 3. The molecule has 332 valence electrons. The number of nitrogens with zero attached hydrogens (tertiary/aromatic N) is 3. The Hall–Kier alpha value is -4.83. The number of nitrogens with one attached hydrogen (secondary N) is 1. The third-order valence-corrected chi connectivity index (χ3v) is 9.69.